The number of para-hydroxylation sites is 3. The van der Waals surface area contributed by atoms with Crippen molar-refractivity contribution in [2.45, 2.75) is 0 Å². The highest BCUT2D eigenvalue weighted by atomic mass is 16.3. The van der Waals surface area contributed by atoms with Crippen molar-refractivity contribution in [3.8, 4) is 39.1 Å². The molecule has 2 heterocycles. The molecule has 0 atom stereocenters. The first kappa shape index (κ1) is 39.0. The predicted octanol–water partition coefficient (Wildman–Crippen LogP) is 18.6. The average Bonchev–Trinajstić information content (AvgIpc) is 3.98. The first-order valence-electron chi connectivity index (χ1n) is 23.7. The van der Waals surface area contributed by atoms with Crippen LogP contribution in [0.3, 0.4) is 0 Å². The summed E-state index contributed by atoms with van der Waals surface area (Å²) in [6.45, 7) is 0. The van der Waals surface area contributed by atoms with Crippen LogP contribution in [-0.4, -0.2) is 4.57 Å². The van der Waals surface area contributed by atoms with Gasteiger partial charge in [0.05, 0.1) is 16.7 Å². The molecule has 0 saturated carbocycles. The molecule has 0 amide bonds. The van der Waals surface area contributed by atoms with Gasteiger partial charge in [0.25, 0.3) is 0 Å². The van der Waals surface area contributed by atoms with Gasteiger partial charge in [0.1, 0.15) is 11.2 Å². The SMILES string of the molecule is c1cc(-c2ccc(N(c3ccc(-c4cccc5oc6c7ccccc7ccc6c45)cc3)c3ccccc3-c3cc4ccccc4c4ccccc34)cc2)cc(-n2c3ccccc3c3ccccc32)c1. The lowest BCUT2D eigenvalue weighted by molar-refractivity contribution is 0.673. The number of rotatable bonds is 7. The average molecular weight is 879 g/mol. The highest BCUT2D eigenvalue weighted by Crippen LogP contribution is 2.46. The molecule has 0 N–H and O–H groups in total. The fraction of sp³-hybridized carbons (Fsp3) is 0. The standard InChI is InChI=1S/C66H42N2O/c1-4-20-53-44(15-1)35-40-59-65-52(26-14-30-64(65)69-66(53)59)45-33-38-49(39-34-45)67(61-27-10-9-25-58(61)60-42-47-16-2-3-19-51(47)54-21-5-6-22-55(54)60)48-36-31-43(32-37-48)46-17-13-18-50(41-46)68-62-28-11-7-23-56(62)57-24-8-12-29-63(57)68/h1-42H. The Morgan fingerprint density at radius 2 is 0.899 bits per heavy atom. The Kier molecular flexibility index (Phi) is 8.90. The molecule has 0 aliphatic carbocycles. The minimum Gasteiger partial charge on any atom is -0.455 e. The third-order valence-electron chi connectivity index (χ3n) is 14.2. The Bertz CT molecular complexity index is 4260. The van der Waals surface area contributed by atoms with Crippen molar-refractivity contribution < 1.29 is 4.42 Å². The van der Waals surface area contributed by atoms with Crippen LogP contribution in [0.2, 0.25) is 0 Å². The van der Waals surface area contributed by atoms with E-state index in [1.807, 2.05) is 0 Å². The molecule has 3 heteroatoms. The van der Waals surface area contributed by atoms with E-state index in [0.29, 0.717) is 0 Å². The molecule has 322 valence electrons. The van der Waals surface area contributed by atoms with Crippen molar-refractivity contribution in [3.05, 3.63) is 255 Å². The van der Waals surface area contributed by atoms with Gasteiger partial charge in [-0.05, 0) is 128 Å². The van der Waals surface area contributed by atoms with Crippen molar-refractivity contribution in [1.82, 2.24) is 4.57 Å². The molecule has 12 aromatic carbocycles. The summed E-state index contributed by atoms with van der Waals surface area (Å²) >= 11 is 0. The highest BCUT2D eigenvalue weighted by Gasteiger charge is 2.21. The van der Waals surface area contributed by atoms with E-state index >= 15 is 0 Å². The Morgan fingerprint density at radius 1 is 0.319 bits per heavy atom. The third kappa shape index (κ3) is 6.29. The Morgan fingerprint density at radius 3 is 1.65 bits per heavy atom. The second-order valence-electron chi connectivity index (χ2n) is 18.0. The second kappa shape index (κ2) is 15.7. The molecule has 3 nitrogen and oxygen atoms in total. The lowest BCUT2D eigenvalue weighted by Crippen LogP contribution is -2.11. The number of hydrogen-bond donors (Lipinski definition) is 0. The maximum atomic E-state index is 6.61. The molecule has 0 unspecified atom stereocenters. The maximum absolute atomic E-state index is 6.61. The van der Waals surface area contributed by atoms with Gasteiger partial charge in [0.2, 0.25) is 0 Å². The van der Waals surface area contributed by atoms with Crippen LogP contribution >= 0.6 is 0 Å². The lowest BCUT2D eigenvalue weighted by Gasteiger charge is -2.28. The van der Waals surface area contributed by atoms with E-state index in [1.54, 1.807) is 0 Å². The summed E-state index contributed by atoms with van der Waals surface area (Å²) in [5.74, 6) is 0. The van der Waals surface area contributed by atoms with Gasteiger partial charge in [0, 0.05) is 49.6 Å². The van der Waals surface area contributed by atoms with Crippen LogP contribution in [0.4, 0.5) is 17.1 Å². The molecule has 69 heavy (non-hydrogen) atoms. The Labute approximate surface area is 399 Å². The molecule has 0 fully saturated rings. The molecule has 0 radical (unpaired) electrons. The minimum absolute atomic E-state index is 0.891. The molecule has 0 spiro atoms. The van der Waals surface area contributed by atoms with Crippen molar-refractivity contribution in [2.24, 2.45) is 0 Å². The monoisotopic (exact) mass is 878 g/mol. The van der Waals surface area contributed by atoms with Gasteiger partial charge < -0.3 is 13.9 Å². The summed E-state index contributed by atoms with van der Waals surface area (Å²) in [5.41, 5.74) is 15.5. The number of anilines is 3. The molecule has 2 aromatic heterocycles. The van der Waals surface area contributed by atoms with E-state index in [-0.39, 0.29) is 0 Å². The van der Waals surface area contributed by atoms with Gasteiger partial charge in [-0.2, -0.15) is 0 Å². The number of hydrogen-bond acceptors (Lipinski definition) is 2. The van der Waals surface area contributed by atoms with Gasteiger partial charge in [-0.3, -0.25) is 0 Å². The summed E-state index contributed by atoms with van der Waals surface area (Å²) in [4.78, 5) is 2.42. The van der Waals surface area contributed by atoms with E-state index in [9.17, 15) is 0 Å². The number of benzene rings is 12. The van der Waals surface area contributed by atoms with Crippen molar-refractivity contribution in [2.75, 3.05) is 4.90 Å². The van der Waals surface area contributed by atoms with Crippen LogP contribution in [-0.2, 0) is 0 Å². The summed E-state index contributed by atoms with van der Waals surface area (Å²) < 4.78 is 9.00. The van der Waals surface area contributed by atoms with Gasteiger partial charge in [-0.25, -0.2) is 0 Å². The van der Waals surface area contributed by atoms with Gasteiger partial charge in [-0.1, -0.05) is 182 Å². The van der Waals surface area contributed by atoms with Crippen molar-refractivity contribution in [3.63, 3.8) is 0 Å². The van der Waals surface area contributed by atoms with Crippen LogP contribution in [0.25, 0.3) is 115 Å². The van der Waals surface area contributed by atoms with Crippen LogP contribution in [0.15, 0.2) is 259 Å². The fourth-order valence-corrected chi connectivity index (χ4v) is 11.0. The van der Waals surface area contributed by atoms with E-state index in [4.69, 9.17) is 4.42 Å². The van der Waals surface area contributed by atoms with Gasteiger partial charge in [-0.15, -0.1) is 0 Å². The molecule has 14 rings (SSSR count). The summed E-state index contributed by atoms with van der Waals surface area (Å²) in [7, 11) is 0. The number of nitrogens with zero attached hydrogens (tertiary/aromatic N) is 2. The van der Waals surface area contributed by atoms with E-state index in [0.717, 1.165) is 77.9 Å². The van der Waals surface area contributed by atoms with E-state index in [1.165, 1.54) is 54.3 Å². The number of fused-ring (bicyclic) bond motifs is 11. The molecule has 0 aliphatic heterocycles. The third-order valence-corrected chi connectivity index (χ3v) is 14.2. The normalized spacial score (nSPS) is 11.8. The minimum atomic E-state index is 0.891. The number of aromatic nitrogens is 1. The summed E-state index contributed by atoms with van der Waals surface area (Å²) in [5, 5.41) is 12.0. The largest absolute Gasteiger partial charge is 0.455 e. The first-order valence-corrected chi connectivity index (χ1v) is 23.7. The summed E-state index contributed by atoms with van der Waals surface area (Å²) in [6.07, 6.45) is 0. The molecular formula is C66H42N2O. The van der Waals surface area contributed by atoms with E-state index < -0.39 is 0 Å². The highest BCUT2D eigenvalue weighted by molar-refractivity contribution is 6.19. The first-order chi connectivity index (χ1) is 34.2. The molecule has 0 aliphatic rings. The van der Waals surface area contributed by atoms with Crippen molar-refractivity contribution in [1.29, 1.82) is 0 Å². The molecular weight excluding hydrogens is 837 g/mol. The molecule has 14 aromatic rings. The van der Waals surface area contributed by atoms with Gasteiger partial charge in [0.15, 0.2) is 0 Å². The van der Waals surface area contributed by atoms with E-state index in [2.05, 4.69) is 264 Å². The Hall–Kier alpha value is -9.18. The molecule has 0 bridgehead atoms. The maximum Gasteiger partial charge on any atom is 0.143 e. The van der Waals surface area contributed by atoms with Crippen LogP contribution in [0, 0.1) is 0 Å². The van der Waals surface area contributed by atoms with Crippen LogP contribution in [0.5, 0.6) is 0 Å². The zero-order chi connectivity index (χ0) is 45.4. The topological polar surface area (TPSA) is 21.3 Å². The Balaban J connectivity index is 0.914. The predicted molar refractivity (Wildman–Crippen MR) is 292 cm³/mol. The fourth-order valence-electron chi connectivity index (χ4n) is 11.0. The van der Waals surface area contributed by atoms with Crippen LogP contribution in [0.1, 0.15) is 0 Å². The quantitative estimate of drug-likeness (QED) is 0.149. The number of furan rings is 1. The van der Waals surface area contributed by atoms with Gasteiger partial charge >= 0.3 is 0 Å². The van der Waals surface area contributed by atoms with Crippen molar-refractivity contribution >= 4 is 93.1 Å². The lowest BCUT2D eigenvalue weighted by atomic mass is 9.92. The summed E-state index contributed by atoms with van der Waals surface area (Å²) in [6, 6.07) is 92.5. The smallest absolute Gasteiger partial charge is 0.143 e. The zero-order valence-corrected chi connectivity index (χ0v) is 37.6. The zero-order valence-electron chi connectivity index (χ0n) is 37.6. The molecule has 0 saturated heterocycles. The van der Waals surface area contributed by atoms with Crippen LogP contribution < -0.4 is 4.90 Å². The second-order valence-corrected chi connectivity index (χ2v) is 18.0.